The van der Waals surface area contributed by atoms with Crippen LogP contribution in [0.5, 0.6) is 5.75 Å². The van der Waals surface area contributed by atoms with Crippen LogP contribution in [0.3, 0.4) is 0 Å². The number of aryl methyl sites for hydroxylation is 1. The van der Waals surface area contributed by atoms with Crippen LogP contribution >= 0.6 is 0 Å². The molecule has 0 radical (unpaired) electrons. The number of imidazole rings is 1. The molecule has 0 aliphatic carbocycles. The lowest BCUT2D eigenvalue weighted by Gasteiger charge is -2.08. The summed E-state index contributed by atoms with van der Waals surface area (Å²) in [7, 11) is 1.50. The molecule has 0 bridgehead atoms. The minimum absolute atomic E-state index is 0.0214. The first-order valence-electron chi connectivity index (χ1n) is 6.63. The minimum atomic E-state index is -0.464. The highest BCUT2D eigenvalue weighted by Gasteiger charge is 2.13. The number of nitrogens with zero attached hydrogens (tertiary/aromatic N) is 3. The number of aromatic nitrogens is 2. The number of hydrogen-bond donors (Lipinski definition) is 0. The van der Waals surface area contributed by atoms with E-state index in [0.717, 1.165) is 6.42 Å². The lowest BCUT2D eigenvalue weighted by molar-refractivity contribution is -0.384. The zero-order chi connectivity index (χ0) is 15.4. The Hall–Kier alpha value is -2.57. The molecule has 0 aliphatic rings. The fraction of sp³-hybridized carbons (Fsp3) is 0.357. The first-order valence-corrected chi connectivity index (χ1v) is 6.63. The molecular formula is C14H17N3O4. The average Bonchev–Trinajstić information content (AvgIpc) is 2.80. The minimum Gasteiger partial charge on any atom is -0.496 e. The molecule has 7 nitrogen and oxygen atoms in total. The van der Waals surface area contributed by atoms with Gasteiger partial charge in [0.1, 0.15) is 5.75 Å². The van der Waals surface area contributed by atoms with Crippen molar-refractivity contribution in [3.8, 4) is 5.75 Å². The zero-order valence-electron chi connectivity index (χ0n) is 12.0. The summed E-state index contributed by atoms with van der Waals surface area (Å²) in [5, 5.41) is 10.9. The second-order valence-corrected chi connectivity index (χ2v) is 4.66. The van der Waals surface area contributed by atoms with Crippen molar-refractivity contribution in [1.82, 2.24) is 9.13 Å². The van der Waals surface area contributed by atoms with Crippen LogP contribution in [0.15, 0.2) is 35.4 Å². The van der Waals surface area contributed by atoms with Gasteiger partial charge in [0, 0.05) is 36.6 Å². The lowest BCUT2D eigenvalue weighted by atomic mass is 10.1. The van der Waals surface area contributed by atoms with E-state index >= 15 is 0 Å². The highest BCUT2D eigenvalue weighted by atomic mass is 16.6. The van der Waals surface area contributed by atoms with E-state index in [1.54, 1.807) is 23.0 Å². The van der Waals surface area contributed by atoms with Crippen LogP contribution in [0.4, 0.5) is 5.69 Å². The number of benzene rings is 1. The molecule has 21 heavy (non-hydrogen) atoms. The normalized spacial score (nSPS) is 10.6. The van der Waals surface area contributed by atoms with Gasteiger partial charge in [-0.25, -0.2) is 4.79 Å². The maximum absolute atomic E-state index is 12.1. The predicted octanol–water partition coefficient (Wildman–Crippen LogP) is 2.02. The summed E-state index contributed by atoms with van der Waals surface area (Å²) in [6.07, 6.45) is 4.26. The Morgan fingerprint density at radius 2 is 2.00 bits per heavy atom. The Kier molecular flexibility index (Phi) is 4.42. The SMILES string of the molecule is CCCn1ccn(Cc2cc([N+](=O)[O-])ccc2OC)c1=O. The fourth-order valence-corrected chi connectivity index (χ4v) is 2.17. The number of nitro benzene ring substituents is 1. The van der Waals surface area contributed by atoms with Crippen molar-refractivity contribution in [2.45, 2.75) is 26.4 Å². The molecule has 7 heteroatoms. The Morgan fingerprint density at radius 1 is 1.29 bits per heavy atom. The van der Waals surface area contributed by atoms with Crippen molar-refractivity contribution in [3.05, 3.63) is 56.8 Å². The summed E-state index contributed by atoms with van der Waals surface area (Å²) in [4.78, 5) is 22.5. The third kappa shape index (κ3) is 3.13. The quantitative estimate of drug-likeness (QED) is 0.602. The topological polar surface area (TPSA) is 79.3 Å². The summed E-state index contributed by atoms with van der Waals surface area (Å²) in [6.45, 7) is 2.88. The van der Waals surface area contributed by atoms with E-state index in [2.05, 4.69) is 0 Å². The third-order valence-electron chi connectivity index (χ3n) is 3.20. The van der Waals surface area contributed by atoms with E-state index < -0.39 is 4.92 Å². The maximum atomic E-state index is 12.1. The molecule has 0 unspecified atom stereocenters. The summed E-state index contributed by atoms with van der Waals surface area (Å²) >= 11 is 0. The monoisotopic (exact) mass is 291 g/mol. The van der Waals surface area contributed by atoms with Crippen LogP contribution in [-0.2, 0) is 13.1 Å². The van der Waals surface area contributed by atoms with Crippen LogP contribution in [0, 0.1) is 10.1 Å². The Labute approximate surface area is 121 Å². The summed E-state index contributed by atoms with van der Waals surface area (Å²) < 4.78 is 8.33. The second-order valence-electron chi connectivity index (χ2n) is 4.66. The van der Waals surface area contributed by atoms with Crippen LogP contribution in [0.25, 0.3) is 0 Å². The van der Waals surface area contributed by atoms with Crippen molar-refractivity contribution in [3.63, 3.8) is 0 Å². The van der Waals surface area contributed by atoms with E-state index in [1.807, 2.05) is 6.92 Å². The molecule has 0 aliphatic heterocycles. The molecule has 2 aromatic rings. The van der Waals surface area contributed by atoms with Gasteiger partial charge in [-0.05, 0) is 12.5 Å². The van der Waals surface area contributed by atoms with Crippen molar-refractivity contribution in [2.75, 3.05) is 7.11 Å². The molecule has 0 amide bonds. The zero-order valence-corrected chi connectivity index (χ0v) is 12.0. The highest BCUT2D eigenvalue weighted by molar-refractivity contribution is 5.43. The Balaban J connectivity index is 2.36. The molecule has 1 aromatic heterocycles. The van der Waals surface area contributed by atoms with E-state index in [9.17, 15) is 14.9 Å². The molecule has 1 heterocycles. The maximum Gasteiger partial charge on any atom is 0.328 e. The van der Waals surface area contributed by atoms with Gasteiger partial charge in [0.2, 0.25) is 0 Å². The molecule has 0 saturated carbocycles. The van der Waals surface area contributed by atoms with E-state index in [1.165, 1.54) is 23.8 Å². The van der Waals surface area contributed by atoms with E-state index in [0.29, 0.717) is 17.9 Å². The smallest absolute Gasteiger partial charge is 0.328 e. The van der Waals surface area contributed by atoms with Crippen molar-refractivity contribution >= 4 is 5.69 Å². The highest BCUT2D eigenvalue weighted by Crippen LogP contribution is 2.24. The van der Waals surface area contributed by atoms with Crippen molar-refractivity contribution < 1.29 is 9.66 Å². The molecule has 0 atom stereocenters. The van der Waals surface area contributed by atoms with Crippen LogP contribution in [0.2, 0.25) is 0 Å². The molecule has 0 N–H and O–H groups in total. The summed E-state index contributed by atoms with van der Waals surface area (Å²) in [6, 6.07) is 4.36. The van der Waals surface area contributed by atoms with Crippen LogP contribution < -0.4 is 10.4 Å². The summed E-state index contributed by atoms with van der Waals surface area (Å²) in [5.41, 5.74) is 0.445. The number of rotatable bonds is 6. The Morgan fingerprint density at radius 3 is 2.62 bits per heavy atom. The van der Waals surface area contributed by atoms with E-state index in [4.69, 9.17) is 4.74 Å². The van der Waals surface area contributed by atoms with Crippen LogP contribution in [-0.4, -0.2) is 21.2 Å². The third-order valence-corrected chi connectivity index (χ3v) is 3.20. The van der Waals surface area contributed by atoms with Gasteiger partial charge in [0.05, 0.1) is 18.6 Å². The fourth-order valence-electron chi connectivity index (χ4n) is 2.17. The first-order chi connectivity index (χ1) is 10.1. The summed E-state index contributed by atoms with van der Waals surface area (Å²) in [5.74, 6) is 0.524. The number of ether oxygens (including phenoxy) is 1. The molecule has 0 fully saturated rings. The van der Waals surface area contributed by atoms with Gasteiger partial charge in [-0.1, -0.05) is 6.92 Å². The standard InChI is InChI=1S/C14H17N3O4/c1-3-6-15-7-8-16(14(15)18)10-11-9-12(17(19)20)4-5-13(11)21-2/h4-5,7-9H,3,6,10H2,1-2H3. The largest absolute Gasteiger partial charge is 0.496 e. The first kappa shape index (κ1) is 14.8. The lowest BCUT2D eigenvalue weighted by Crippen LogP contribution is -2.24. The Bertz CT molecular complexity index is 702. The van der Waals surface area contributed by atoms with Gasteiger partial charge in [-0.3, -0.25) is 19.2 Å². The number of nitro groups is 1. The second kappa shape index (κ2) is 6.25. The average molecular weight is 291 g/mol. The molecule has 0 spiro atoms. The number of methoxy groups -OCH3 is 1. The van der Waals surface area contributed by atoms with Crippen molar-refractivity contribution in [1.29, 1.82) is 0 Å². The molecule has 0 saturated heterocycles. The van der Waals surface area contributed by atoms with Gasteiger partial charge in [0.25, 0.3) is 5.69 Å². The van der Waals surface area contributed by atoms with Gasteiger partial charge in [0.15, 0.2) is 0 Å². The van der Waals surface area contributed by atoms with Gasteiger partial charge in [-0.15, -0.1) is 0 Å². The number of non-ortho nitro benzene ring substituents is 1. The number of hydrogen-bond acceptors (Lipinski definition) is 4. The molecular weight excluding hydrogens is 274 g/mol. The van der Waals surface area contributed by atoms with Gasteiger partial charge in [-0.2, -0.15) is 0 Å². The molecule has 2 rings (SSSR count). The molecule has 1 aromatic carbocycles. The van der Waals surface area contributed by atoms with Crippen molar-refractivity contribution in [2.24, 2.45) is 0 Å². The molecule has 112 valence electrons. The predicted molar refractivity (Wildman–Crippen MR) is 77.7 cm³/mol. The van der Waals surface area contributed by atoms with Gasteiger partial charge < -0.3 is 4.74 Å². The van der Waals surface area contributed by atoms with E-state index in [-0.39, 0.29) is 17.9 Å². The van der Waals surface area contributed by atoms with Crippen LogP contribution in [0.1, 0.15) is 18.9 Å². The van der Waals surface area contributed by atoms with Gasteiger partial charge >= 0.3 is 5.69 Å².